The number of aromatic hydroxyl groups is 1. The molecule has 220 valence electrons. The van der Waals surface area contributed by atoms with E-state index < -0.39 is 29.3 Å². The van der Waals surface area contributed by atoms with Gasteiger partial charge in [-0.1, -0.05) is 43.7 Å². The van der Waals surface area contributed by atoms with Crippen molar-refractivity contribution in [2.75, 3.05) is 6.54 Å². The van der Waals surface area contributed by atoms with Gasteiger partial charge in [0.1, 0.15) is 23.4 Å². The van der Waals surface area contributed by atoms with Gasteiger partial charge in [0.05, 0.1) is 0 Å². The predicted octanol–water partition coefficient (Wildman–Crippen LogP) is 5.73. The number of rotatable bonds is 10. The molecular formula is C32H47N3O5. The molecule has 3 N–H and O–H groups in total. The molecule has 0 saturated carbocycles. The molecule has 0 aliphatic heterocycles. The Bertz CT molecular complexity index is 1160. The molecule has 2 aromatic carbocycles. The van der Waals surface area contributed by atoms with E-state index in [0.717, 1.165) is 28.7 Å². The summed E-state index contributed by atoms with van der Waals surface area (Å²) in [7, 11) is 0. The van der Waals surface area contributed by atoms with E-state index in [9.17, 15) is 19.5 Å². The van der Waals surface area contributed by atoms with E-state index in [-0.39, 0.29) is 24.0 Å². The van der Waals surface area contributed by atoms with E-state index in [2.05, 4.69) is 10.6 Å². The Labute approximate surface area is 239 Å². The summed E-state index contributed by atoms with van der Waals surface area (Å²) in [4.78, 5) is 42.8. The molecule has 2 atom stereocenters. The molecule has 40 heavy (non-hydrogen) atoms. The summed E-state index contributed by atoms with van der Waals surface area (Å²) in [5.41, 5.74) is 2.15. The van der Waals surface area contributed by atoms with Gasteiger partial charge in [-0.2, -0.15) is 0 Å². The Morgan fingerprint density at radius 1 is 0.975 bits per heavy atom. The van der Waals surface area contributed by atoms with E-state index in [1.807, 2.05) is 59.7 Å². The second-order valence-electron chi connectivity index (χ2n) is 12.4. The van der Waals surface area contributed by atoms with Gasteiger partial charge < -0.3 is 25.4 Å². The molecule has 0 heterocycles. The number of hydrogen-bond donors (Lipinski definition) is 3. The molecule has 0 saturated heterocycles. The number of amides is 3. The van der Waals surface area contributed by atoms with Crippen LogP contribution in [-0.4, -0.2) is 51.6 Å². The molecule has 0 radical (unpaired) electrons. The van der Waals surface area contributed by atoms with Crippen LogP contribution < -0.4 is 10.6 Å². The Morgan fingerprint density at radius 2 is 1.60 bits per heavy atom. The summed E-state index contributed by atoms with van der Waals surface area (Å²) >= 11 is 0. The Hall–Kier alpha value is -3.55. The number of phenolic OH excluding ortho intramolecular Hbond substituents is 1. The first-order valence-electron chi connectivity index (χ1n) is 14.0. The summed E-state index contributed by atoms with van der Waals surface area (Å²) < 4.78 is 5.49. The van der Waals surface area contributed by atoms with Crippen LogP contribution in [0.25, 0.3) is 0 Å². The van der Waals surface area contributed by atoms with Gasteiger partial charge in [-0.25, -0.2) is 4.79 Å². The van der Waals surface area contributed by atoms with Crippen LogP contribution in [0.5, 0.6) is 5.75 Å². The van der Waals surface area contributed by atoms with Crippen molar-refractivity contribution >= 4 is 17.9 Å². The van der Waals surface area contributed by atoms with Gasteiger partial charge in [0.25, 0.3) is 0 Å². The fraction of sp³-hybridized carbons (Fsp3) is 0.531. The Kier molecular flexibility index (Phi) is 11.2. The SMILES string of the molecule is CCCCN(C(=O)C(Cc1ccc(O)cc1)NC(=O)OC(C)(C)C)C(C(=O)NC(C)(C)C)c1cccc(C)c1C. The van der Waals surface area contributed by atoms with Gasteiger partial charge in [-0.3, -0.25) is 9.59 Å². The molecule has 0 bridgehead atoms. The molecule has 0 aliphatic carbocycles. The highest BCUT2D eigenvalue weighted by atomic mass is 16.6. The van der Waals surface area contributed by atoms with Crippen LogP contribution in [0.1, 0.15) is 89.6 Å². The van der Waals surface area contributed by atoms with E-state index in [4.69, 9.17) is 4.74 Å². The number of hydrogen-bond acceptors (Lipinski definition) is 5. The summed E-state index contributed by atoms with van der Waals surface area (Å²) in [6.07, 6.45) is 0.921. The van der Waals surface area contributed by atoms with Gasteiger partial charge in [-0.05, 0) is 96.2 Å². The van der Waals surface area contributed by atoms with E-state index >= 15 is 0 Å². The van der Waals surface area contributed by atoms with Crippen molar-refractivity contribution in [3.63, 3.8) is 0 Å². The van der Waals surface area contributed by atoms with Crippen LogP contribution in [0.3, 0.4) is 0 Å². The maximum absolute atomic E-state index is 14.4. The number of alkyl carbamates (subject to hydrolysis) is 1. The zero-order valence-corrected chi connectivity index (χ0v) is 25.6. The second-order valence-corrected chi connectivity index (χ2v) is 12.4. The normalized spacial score (nSPS) is 13.2. The van der Waals surface area contributed by atoms with Gasteiger partial charge in [0.2, 0.25) is 11.8 Å². The first-order chi connectivity index (χ1) is 18.5. The van der Waals surface area contributed by atoms with Gasteiger partial charge in [0, 0.05) is 18.5 Å². The quantitative estimate of drug-likeness (QED) is 0.348. The standard InChI is InChI=1S/C32H47N3O5/c1-10-11-19-35(27(28(37)34-31(4,5)6)25-14-12-13-21(2)22(25)3)29(38)26(33-30(39)40-32(7,8)9)20-23-15-17-24(36)18-16-23/h12-18,26-27,36H,10-11,19-20H2,1-9H3,(H,33,39)(H,34,37). The third-order valence-corrected chi connectivity index (χ3v) is 6.40. The number of aryl methyl sites for hydroxylation is 1. The number of carbonyl (C=O) groups is 3. The third-order valence-electron chi connectivity index (χ3n) is 6.40. The summed E-state index contributed by atoms with van der Waals surface area (Å²) in [5, 5.41) is 15.6. The number of benzene rings is 2. The van der Waals surface area contributed by atoms with Gasteiger partial charge >= 0.3 is 6.09 Å². The lowest BCUT2D eigenvalue weighted by Crippen LogP contribution is -2.55. The molecule has 8 heteroatoms. The summed E-state index contributed by atoms with van der Waals surface area (Å²) in [5.74, 6) is -0.571. The van der Waals surface area contributed by atoms with Gasteiger partial charge in [-0.15, -0.1) is 0 Å². The molecule has 2 aromatic rings. The number of unbranched alkanes of at least 4 members (excludes halogenated alkanes) is 1. The largest absolute Gasteiger partial charge is 0.508 e. The average molecular weight is 554 g/mol. The lowest BCUT2D eigenvalue weighted by Gasteiger charge is -2.37. The van der Waals surface area contributed by atoms with E-state index in [1.54, 1.807) is 37.8 Å². The molecular weight excluding hydrogens is 506 g/mol. The van der Waals surface area contributed by atoms with Crippen molar-refractivity contribution < 1.29 is 24.2 Å². The highest BCUT2D eigenvalue weighted by molar-refractivity contribution is 5.92. The fourth-order valence-electron chi connectivity index (χ4n) is 4.37. The minimum Gasteiger partial charge on any atom is -0.508 e. The molecule has 2 unspecified atom stereocenters. The topological polar surface area (TPSA) is 108 Å². The minimum absolute atomic E-state index is 0.102. The third kappa shape index (κ3) is 9.88. The summed E-state index contributed by atoms with van der Waals surface area (Å²) in [6.45, 7) is 17.3. The molecule has 0 fully saturated rings. The van der Waals surface area contributed by atoms with Crippen LogP contribution in [0.15, 0.2) is 42.5 Å². The fourth-order valence-corrected chi connectivity index (χ4v) is 4.37. The van der Waals surface area contributed by atoms with Gasteiger partial charge in [0.15, 0.2) is 0 Å². The second kappa shape index (κ2) is 13.7. The molecule has 0 aliphatic rings. The molecule has 0 spiro atoms. The predicted molar refractivity (Wildman–Crippen MR) is 158 cm³/mol. The van der Waals surface area contributed by atoms with Crippen molar-refractivity contribution in [1.82, 2.24) is 15.5 Å². The lowest BCUT2D eigenvalue weighted by atomic mass is 9.93. The first-order valence-corrected chi connectivity index (χ1v) is 14.0. The highest BCUT2D eigenvalue weighted by Crippen LogP contribution is 2.29. The van der Waals surface area contributed by atoms with Crippen molar-refractivity contribution in [2.45, 2.75) is 105 Å². The van der Waals surface area contributed by atoms with Crippen molar-refractivity contribution in [3.8, 4) is 5.75 Å². The van der Waals surface area contributed by atoms with E-state index in [1.165, 1.54) is 12.1 Å². The Balaban J connectivity index is 2.63. The summed E-state index contributed by atoms with van der Waals surface area (Å²) in [6, 6.07) is 10.3. The van der Waals surface area contributed by atoms with Crippen molar-refractivity contribution in [1.29, 1.82) is 0 Å². The number of phenols is 1. The molecule has 8 nitrogen and oxygen atoms in total. The average Bonchev–Trinajstić information content (AvgIpc) is 2.82. The number of carbonyl (C=O) groups excluding carboxylic acids is 3. The van der Waals surface area contributed by atoms with Crippen LogP contribution in [0.4, 0.5) is 4.79 Å². The molecule has 2 rings (SSSR count). The van der Waals surface area contributed by atoms with Crippen molar-refractivity contribution in [3.05, 3.63) is 64.7 Å². The maximum Gasteiger partial charge on any atom is 0.408 e. The monoisotopic (exact) mass is 553 g/mol. The highest BCUT2D eigenvalue weighted by Gasteiger charge is 2.38. The first kappa shape index (κ1) is 32.7. The Morgan fingerprint density at radius 3 is 2.15 bits per heavy atom. The lowest BCUT2D eigenvalue weighted by molar-refractivity contribution is -0.143. The number of nitrogens with one attached hydrogen (secondary N) is 2. The minimum atomic E-state index is -1.01. The number of nitrogens with zero attached hydrogens (tertiary/aromatic N) is 1. The zero-order valence-electron chi connectivity index (χ0n) is 25.6. The van der Waals surface area contributed by atoms with Crippen LogP contribution in [-0.2, 0) is 20.7 Å². The van der Waals surface area contributed by atoms with Crippen LogP contribution in [0, 0.1) is 13.8 Å². The zero-order chi connectivity index (χ0) is 30.3. The van der Waals surface area contributed by atoms with E-state index in [0.29, 0.717) is 13.0 Å². The smallest absolute Gasteiger partial charge is 0.408 e. The van der Waals surface area contributed by atoms with Crippen LogP contribution in [0.2, 0.25) is 0 Å². The number of ether oxygens (including phenoxy) is 1. The van der Waals surface area contributed by atoms with Crippen molar-refractivity contribution in [2.24, 2.45) is 0 Å². The molecule has 3 amide bonds. The maximum atomic E-state index is 14.4. The van der Waals surface area contributed by atoms with Crippen LogP contribution >= 0.6 is 0 Å². The molecule has 0 aromatic heterocycles.